The summed E-state index contributed by atoms with van der Waals surface area (Å²) in [6.45, 7) is 0. The summed E-state index contributed by atoms with van der Waals surface area (Å²) in [6, 6.07) is 17.9. The molecule has 2 aromatic heterocycles. The molecule has 2 N–H and O–H groups in total. The first-order chi connectivity index (χ1) is 11.3. The first-order valence-corrected chi connectivity index (χ1v) is 7.57. The summed E-state index contributed by atoms with van der Waals surface area (Å²) in [6.07, 6.45) is 3.72. The Morgan fingerprint density at radius 2 is 1.83 bits per heavy atom. The second-order valence-electron chi connectivity index (χ2n) is 5.06. The van der Waals surface area contributed by atoms with E-state index in [-0.39, 0.29) is 0 Å². The summed E-state index contributed by atoms with van der Waals surface area (Å²) in [5.41, 5.74) is 3.03. The predicted octanol–water partition coefficient (Wildman–Crippen LogP) is 3.97. The maximum Gasteiger partial charge on any atom is 0.216 e. The SMILES string of the molecule is S=c1[nH]nc(-c2ccccc2)n1/N=C\c1c[nH]c2ccccc12. The van der Waals surface area contributed by atoms with Crippen LogP contribution in [-0.2, 0) is 0 Å². The molecule has 5 nitrogen and oxygen atoms in total. The van der Waals surface area contributed by atoms with Gasteiger partial charge in [-0.3, -0.25) is 0 Å². The average molecular weight is 319 g/mol. The minimum atomic E-state index is 0.458. The van der Waals surface area contributed by atoms with E-state index in [1.807, 2.05) is 54.7 Å². The van der Waals surface area contributed by atoms with Gasteiger partial charge in [-0.05, 0) is 18.3 Å². The Hall–Kier alpha value is -2.99. The number of aromatic amines is 2. The molecule has 4 aromatic rings. The highest BCUT2D eigenvalue weighted by atomic mass is 32.1. The van der Waals surface area contributed by atoms with Crippen LogP contribution in [0.5, 0.6) is 0 Å². The maximum atomic E-state index is 5.29. The fraction of sp³-hybridized carbons (Fsp3) is 0. The van der Waals surface area contributed by atoms with Gasteiger partial charge in [0.05, 0.1) is 6.21 Å². The fourth-order valence-corrected chi connectivity index (χ4v) is 2.67. The van der Waals surface area contributed by atoms with Crippen molar-refractivity contribution in [2.24, 2.45) is 5.10 Å². The lowest BCUT2D eigenvalue weighted by atomic mass is 10.2. The molecule has 0 saturated heterocycles. The summed E-state index contributed by atoms with van der Waals surface area (Å²) in [4.78, 5) is 3.23. The third-order valence-corrected chi connectivity index (χ3v) is 3.88. The van der Waals surface area contributed by atoms with Crippen molar-refractivity contribution in [2.75, 3.05) is 0 Å². The predicted molar refractivity (Wildman–Crippen MR) is 94.1 cm³/mol. The van der Waals surface area contributed by atoms with Gasteiger partial charge in [0.25, 0.3) is 0 Å². The Labute approximate surface area is 137 Å². The zero-order valence-corrected chi connectivity index (χ0v) is 12.9. The van der Waals surface area contributed by atoms with Crippen molar-refractivity contribution in [1.82, 2.24) is 19.9 Å². The molecule has 0 amide bonds. The number of fused-ring (bicyclic) bond motifs is 1. The molecule has 112 valence electrons. The minimum absolute atomic E-state index is 0.458. The highest BCUT2D eigenvalue weighted by molar-refractivity contribution is 7.71. The van der Waals surface area contributed by atoms with Crippen LogP contribution >= 0.6 is 12.2 Å². The van der Waals surface area contributed by atoms with Gasteiger partial charge < -0.3 is 4.98 Å². The van der Waals surface area contributed by atoms with Crippen LogP contribution in [0, 0.1) is 4.77 Å². The number of benzene rings is 2. The lowest BCUT2D eigenvalue weighted by Gasteiger charge is -2.00. The van der Waals surface area contributed by atoms with Crippen molar-refractivity contribution in [3.8, 4) is 11.4 Å². The smallest absolute Gasteiger partial charge is 0.216 e. The molecule has 0 aliphatic carbocycles. The number of hydrogen-bond donors (Lipinski definition) is 2. The van der Waals surface area contributed by atoms with Gasteiger partial charge >= 0.3 is 0 Å². The molecule has 0 aliphatic rings. The Morgan fingerprint density at radius 1 is 1.04 bits per heavy atom. The molecule has 0 saturated carbocycles. The van der Waals surface area contributed by atoms with Gasteiger partial charge in [-0.2, -0.15) is 14.9 Å². The van der Waals surface area contributed by atoms with Gasteiger partial charge in [-0.1, -0.05) is 48.5 Å². The lowest BCUT2D eigenvalue weighted by Crippen LogP contribution is -1.94. The van der Waals surface area contributed by atoms with Crippen LogP contribution < -0.4 is 0 Å². The normalized spacial score (nSPS) is 11.5. The van der Waals surface area contributed by atoms with Crippen molar-refractivity contribution in [3.63, 3.8) is 0 Å². The molecule has 6 heteroatoms. The zero-order chi connectivity index (χ0) is 15.6. The van der Waals surface area contributed by atoms with E-state index >= 15 is 0 Å². The van der Waals surface area contributed by atoms with Gasteiger partial charge in [0.2, 0.25) is 4.77 Å². The van der Waals surface area contributed by atoms with Crippen LogP contribution in [0.3, 0.4) is 0 Å². The van der Waals surface area contributed by atoms with Crippen molar-refractivity contribution in [1.29, 1.82) is 0 Å². The van der Waals surface area contributed by atoms with E-state index in [0.717, 1.165) is 22.0 Å². The van der Waals surface area contributed by atoms with E-state index < -0.39 is 0 Å². The summed E-state index contributed by atoms with van der Waals surface area (Å²) < 4.78 is 2.09. The number of para-hydroxylation sites is 1. The number of nitrogens with zero attached hydrogens (tertiary/aromatic N) is 3. The number of rotatable bonds is 3. The van der Waals surface area contributed by atoms with Crippen molar-refractivity contribution < 1.29 is 0 Å². The van der Waals surface area contributed by atoms with Crippen LogP contribution in [0.1, 0.15) is 5.56 Å². The van der Waals surface area contributed by atoms with E-state index in [4.69, 9.17) is 12.2 Å². The molecule has 23 heavy (non-hydrogen) atoms. The Kier molecular flexibility index (Phi) is 3.36. The first-order valence-electron chi connectivity index (χ1n) is 7.16. The van der Waals surface area contributed by atoms with Crippen LogP contribution in [0.15, 0.2) is 65.9 Å². The van der Waals surface area contributed by atoms with E-state index in [1.54, 1.807) is 10.9 Å². The molecular weight excluding hydrogens is 306 g/mol. The Bertz CT molecular complexity index is 1040. The van der Waals surface area contributed by atoms with E-state index in [0.29, 0.717) is 10.6 Å². The summed E-state index contributed by atoms with van der Waals surface area (Å²) in [5.74, 6) is 0.687. The quantitative estimate of drug-likeness (QED) is 0.443. The molecule has 0 spiro atoms. The highest BCUT2D eigenvalue weighted by Crippen LogP contribution is 2.18. The number of H-pyrrole nitrogens is 2. The minimum Gasteiger partial charge on any atom is -0.361 e. The number of aromatic nitrogens is 4. The zero-order valence-electron chi connectivity index (χ0n) is 12.1. The van der Waals surface area contributed by atoms with Crippen molar-refractivity contribution in [3.05, 3.63) is 71.1 Å². The van der Waals surface area contributed by atoms with E-state index in [9.17, 15) is 0 Å². The molecule has 4 rings (SSSR count). The fourth-order valence-electron chi connectivity index (χ4n) is 2.49. The van der Waals surface area contributed by atoms with Crippen LogP contribution in [0.2, 0.25) is 0 Å². The first kappa shape index (κ1) is 13.7. The monoisotopic (exact) mass is 319 g/mol. The lowest BCUT2D eigenvalue weighted by molar-refractivity contribution is 0.872. The largest absolute Gasteiger partial charge is 0.361 e. The Morgan fingerprint density at radius 3 is 2.70 bits per heavy atom. The van der Waals surface area contributed by atoms with Crippen molar-refractivity contribution in [2.45, 2.75) is 0 Å². The molecule has 0 aliphatic heterocycles. The van der Waals surface area contributed by atoms with Gasteiger partial charge in [-0.15, -0.1) is 0 Å². The second-order valence-corrected chi connectivity index (χ2v) is 5.45. The van der Waals surface area contributed by atoms with Gasteiger partial charge in [0.15, 0.2) is 5.82 Å². The topological polar surface area (TPSA) is 61.8 Å². The number of hydrogen-bond acceptors (Lipinski definition) is 3. The molecule has 2 heterocycles. The molecule has 0 fully saturated rings. The highest BCUT2D eigenvalue weighted by Gasteiger charge is 2.07. The van der Waals surface area contributed by atoms with Crippen LogP contribution in [0.4, 0.5) is 0 Å². The molecule has 0 atom stereocenters. The summed E-state index contributed by atoms with van der Waals surface area (Å²) in [7, 11) is 0. The van der Waals surface area contributed by atoms with E-state index in [1.165, 1.54) is 0 Å². The summed E-state index contributed by atoms with van der Waals surface area (Å²) in [5, 5.41) is 12.7. The average Bonchev–Trinajstić information content (AvgIpc) is 3.17. The molecule has 0 bridgehead atoms. The maximum absolute atomic E-state index is 5.29. The van der Waals surface area contributed by atoms with Crippen molar-refractivity contribution >= 4 is 29.3 Å². The third-order valence-electron chi connectivity index (χ3n) is 3.62. The molecule has 0 radical (unpaired) electrons. The van der Waals surface area contributed by atoms with Crippen LogP contribution in [-0.4, -0.2) is 26.1 Å². The standard InChI is InChI=1S/C17H13N5S/c23-17-21-20-16(12-6-2-1-3-7-12)22(17)19-11-13-10-18-15-9-5-4-8-14(13)15/h1-11,18H,(H,21,23)/b19-11-. The van der Waals surface area contributed by atoms with Crippen LogP contribution in [0.25, 0.3) is 22.3 Å². The third kappa shape index (κ3) is 2.49. The summed E-state index contributed by atoms with van der Waals surface area (Å²) >= 11 is 5.29. The Balaban J connectivity index is 1.78. The molecule has 2 aromatic carbocycles. The van der Waals surface area contributed by atoms with E-state index in [2.05, 4.69) is 26.3 Å². The second kappa shape index (κ2) is 5.66. The van der Waals surface area contributed by atoms with Gasteiger partial charge in [0, 0.05) is 28.2 Å². The van der Waals surface area contributed by atoms with Gasteiger partial charge in [-0.25, -0.2) is 5.10 Å². The van der Waals surface area contributed by atoms with Gasteiger partial charge in [0.1, 0.15) is 0 Å². The molecule has 0 unspecified atom stereocenters. The number of nitrogens with one attached hydrogen (secondary N) is 2. The molecular formula is C17H13N5S.